The Morgan fingerprint density at radius 1 is 1.43 bits per heavy atom. The Hall–Kier alpha value is 0. The molecule has 0 aromatic carbocycles. The van der Waals surface area contributed by atoms with Crippen molar-refractivity contribution in [1.29, 1.82) is 0 Å². The largest absolute Gasteiger partial charge is 0.334 e. The highest BCUT2D eigenvalue weighted by Gasteiger charge is 1.69. The SMILES string of the molecule is C[CH-]CC[C-](C)C. The molecule has 0 aliphatic heterocycles. The van der Waals surface area contributed by atoms with Gasteiger partial charge in [0.2, 0.25) is 0 Å². The van der Waals surface area contributed by atoms with Crippen molar-refractivity contribution in [3.63, 3.8) is 0 Å². The molecule has 0 N–H and O–H groups in total. The molecule has 0 heteroatoms. The van der Waals surface area contributed by atoms with Gasteiger partial charge in [0.25, 0.3) is 0 Å². The van der Waals surface area contributed by atoms with Crippen LogP contribution in [-0.2, 0) is 0 Å². The normalized spacial score (nSPS) is 10.3. The fourth-order valence-electron chi connectivity index (χ4n) is 0.433. The molecule has 0 spiro atoms. The second-order valence-corrected chi connectivity index (χ2v) is 2.15. The van der Waals surface area contributed by atoms with Crippen molar-refractivity contribution in [2.45, 2.75) is 33.6 Å². The summed E-state index contributed by atoms with van der Waals surface area (Å²) in [6, 6.07) is 0. The maximum Gasteiger partial charge on any atom is -0.189 e. The van der Waals surface area contributed by atoms with Gasteiger partial charge in [0.1, 0.15) is 0 Å². The molecular formula is C7H14-2. The van der Waals surface area contributed by atoms with Crippen molar-refractivity contribution in [3.05, 3.63) is 12.3 Å². The lowest BCUT2D eigenvalue weighted by molar-refractivity contribution is 0.819. The van der Waals surface area contributed by atoms with E-state index in [4.69, 9.17) is 0 Å². The van der Waals surface area contributed by atoms with Crippen molar-refractivity contribution in [3.8, 4) is 0 Å². The topological polar surface area (TPSA) is 0 Å². The van der Waals surface area contributed by atoms with Gasteiger partial charge < -0.3 is 12.3 Å². The molecule has 44 valence electrons. The zero-order valence-electron chi connectivity index (χ0n) is 5.49. The summed E-state index contributed by atoms with van der Waals surface area (Å²) in [6.07, 6.45) is 4.70. The first-order valence-electron chi connectivity index (χ1n) is 2.84. The van der Waals surface area contributed by atoms with E-state index in [-0.39, 0.29) is 0 Å². The minimum atomic E-state index is 1.24. The average Bonchev–Trinajstić information content (AvgIpc) is 1.61. The molecule has 0 aliphatic carbocycles. The predicted molar refractivity (Wildman–Crippen MR) is 33.8 cm³/mol. The van der Waals surface area contributed by atoms with Crippen LogP contribution < -0.4 is 0 Å². The van der Waals surface area contributed by atoms with Crippen molar-refractivity contribution < 1.29 is 0 Å². The van der Waals surface area contributed by atoms with Crippen LogP contribution in [0.15, 0.2) is 0 Å². The van der Waals surface area contributed by atoms with Crippen molar-refractivity contribution >= 4 is 0 Å². The number of hydrogen-bond acceptors (Lipinski definition) is 0. The van der Waals surface area contributed by atoms with Crippen LogP contribution in [0.2, 0.25) is 0 Å². The second-order valence-electron chi connectivity index (χ2n) is 2.15. The second kappa shape index (κ2) is 4.17. The van der Waals surface area contributed by atoms with Crippen LogP contribution >= 0.6 is 0 Å². The maximum absolute atomic E-state index is 2.20. The van der Waals surface area contributed by atoms with E-state index in [1.54, 1.807) is 0 Å². The molecule has 0 bridgehead atoms. The molecule has 0 rings (SSSR count). The molecule has 0 atom stereocenters. The van der Waals surface area contributed by atoms with Crippen LogP contribution in [0.4, 0.5) is 0 Å². The van der Waals surface area contributed by atoms with Crippen molar-refractivity contribution in [2.75, 3.05) is 0 Å². The van der Waals surface area contributed by atoms with Gasteiger partial charge in [0.05, 0.1) is 0 Å². The van der Waals surface area contributed by atoms with Crippen LogP contribution in [0.25, 0.3) is 0 Å². The third-order valence-electron chi connectivity index (χ3n) is 0.933. The minimum Gasteiger partial charge on any atom is -0.334 e. The van der Waals surface area contributed by atoms with E-state index in [1.807, 2.05) is 0 Å². The van der Waals surface area contributed by atoms with E-state index >= 15 is 0 Å². The quantitative estimate of drug-likeness (QED) is 0.476. The van der Waals surface area contributed by atoms with Crippen LogP contribution in [0.1, 0.15) is 33.6 Å². The molecule has 0 unspecified atom stereocenters. The summed E-state index contributed by atoms with van der Waals surface area (Å²) in [6.45, 7) is 6.44. The smallest absolute Gasteiger partial charge is 0.189 e. The molecule has 0 fully saturated rings. The Morgan fingerprint density at radius 3 is 2.14 bits per heavy atom. The van der Waals surface area contributed by atoms with E-state index in [2.05, 4.69) is 27.2 Å². The average molecular weight is 98.2 g/mol. The van der Waals surface area contributed by atoms with Crippen LogP contribution in [0.3, 0.4) is 0 Å². The zero-order valence-corrected chi connectivity index (χ0v) is 5.49. The first-order chi connectivity index (χ1) is 3.27. The van der Waals surface area contributed by atoms with Gasteiger partial charge in [-0.1, -0.05) is 0 Å². The lowest BCUT2D eigenvalue weighted by atomic mass is 10.1. The first kappa shape index (κ1) is 7.00. The van der Waals surface area contributed by atoms with Gasteiger partial charge in [-0.2, -0.15) is 20.8 Å². The maximum atomic E-state index is 2.20. The molecule has 0 aromatic rings. The fourth-order valence-corrected chi connectivity index (χ4v) is 0.433. The van der Waals surface area contributed by atoms with Crippen molar-refractivity contribution in [2.24, 2.45) is 0 Å². The summed E-state index contributed by atoms with van der Waals surface area (Å²) in [5.41, 5.74) is 0. The van der Waals surface area contributed by atoms with Gasteiger partial charge in [0, 0.05) is 0 Å². The summed E-state index contributed by atoms with van der Waals surface area (Å²) in [7, 11) is 0. The van der Waals surface area contributed by atoms with Gasteiger partial charge >= 0.3 is 0 Å². The van der Waals surface area contributed by atoms with Crippen LogP contribution in [0.5, 0.6) is 0 Å². The monoisotopic (exact) mass is 98.1 g/mol. The summed E-state index contributed by atoms with van der Waals surface area (Å²) >= 11 is 0. The van der Waals surface area contributed by atoms with Crippen molar-refractivity contribution in [1.82, 2.24) is 0 Å². The molecule has 0 aromatic heterocycles. The molecule has 0 amide bonds. The summed E-state index contributed by atoms with van der Waals surface area (Å²) in [4.78, 5) is 0. The number of rotatable bonds is 3. The zero-order chi connectivity index (χ0) is 5.70. The van der Waals surface area contributed by atoms with E-state index < -0.39 is 0 Å². The molecule has 0 radical (unpaired) electrons. The third-order valence-corrected chi connectivity index (χ3v) is 0.933. The van der Waals surface area contributed by atoms with Gasteiger partial charge in [-0.25, -0.2) is 12.8 Å². The Balaban J connectivity index is 2.68. The van der Waals surface area contributed by atoms with Gasteiger partial charge in [-0.3, -0.25) is 0 Å². The predicted octanol–water partition coefficient (Wildman–Crippen LogP) is 2.61. The Labute approximate surface area is 46.9 Å². The van der Waals surface area contributed by atoms with Crippen LogP contribution in [0, 0.1) is 12.3 Å². The molecule has 0 nitrogen and oxygen atoms in total. The Kier molecular flexibility index (Phi) is 4.17. The molecule has 0 saturated heterocycles. The van der Waals surface area contributed by atoms with E-state index in [0.717, 1.165) is 0 Å². The Morgan fingerprint density at radius 2 is 2.00 bits per heavy atom. The standard InChI is InChI=1S/C7H14/c1-4-5-6-7(2)3/h4H,5-6H2,1-3H3/q-2. The van der Waals surface area contributed by atoms with E-state index in [1.165, 1.54) is 18.8 Å². The minimum absolute atomic E-state index is 1.24. The van der Waals surface area contributed by atoms with E-state index in [0.29, 0.717) is 0 Å². The van der Waals surface area contributed by atoms with Gasteiger partial charge in [-0.15, -0.1) is 0 Å². The molecule has 0 saturated carbocycles. The lowest BCUT2D eigenvalue weighted by Gasteiger charge is -2.18. The van der Waals surface area contributed by atoms with Crippen LogP contribution in [-0.4, -0.2) is 0 Å². The number of hydrogen-bond donors (Lipinski definition) is 0. The molecule has 7 heavy (non-hydrogen) atoms. The highest BCUT2D eigenvalue weighted by molar-refractivity contribution is 4.78. The highest BCUT2D eigenvalue weighted by Crippen LogP contribution is 2.05. The fraction of sp³-hybridized carbons (Fsp3) is 0.714. The Bertz CT molecular complexity index is 29.0. The van der Waals surface area contributed by atoms with Gasteiger partial charge in [0.15, 0.2) is 0 Å². The molecule has 0 heterocycles. The first-order valence-corrected chi connectivity index (χ1v) is 2.84. The third kappa shape index (κ3) is 6.00. The summed E-state index contributed by atoms with van der Waals surface area (Å²) < 4.78 is 0. The highest BCUT2D eigenvalue weighted by atomic mass is 13.9. The van der Waals surface area contributed by atoms with Gasteiger partial charge in [-0.05, 0) is 0 Å². The summed E-state index contributed by atoms with van der Waals surface area (Å²) in [5, 5.41) is 0. The molecule has 0 aliphatic rings. The molecular weight excluding hydrogens is 84.1 g/mol. The summed E-state index contributed by atoms with van der Waals surface area (Å²) in [5.74, 6) is 1.53. The lowest BCUT2D eigenvalue weighted by Crippen LogP contribution is -1.81. The number of unbranched alkanes of at least 4 members (excludes halogenated alkanes) is 1. The van der Waals surface area contributed by atoms with E-state index in [9.17, 15) is 0 Å².